The van der Waals surface area contributed by atoms with Crippen molar-refractivity contribution in [3.05, 3.63) is 42.0 Å². The number of rotatable bonds is 1. The van der Waals surface area contributed by atoms with Crippen molar-refractivity contribution in [2.45, 2.75) is 0 Å². The summed E-state index contributed by atoms with van der Waals surface area (Å²) in [6, 6.07) is 10.3. The standard InChI is InChI=1S/C11H12N2/c1-2-4-10(5-3-1)11-6-7-12-8-9-13-11/h1-7,13H,8-9H2. The fourth-order valence-corrected chi connectivity index (χ4v) is 1.33. The number of nitrogens with one attached hydrogen (secondary N) is 1. The molecular weight excluding hydrogens is 160 g/mol. The highest BCUT2D eigenvalue weighted by Gasteiger charge is 1.99. The van der Waals surface area contributed by atoms with Crippen LogP contribution in [0.3, 0.4) is 0 Å². The monoisotopic (exact) mass is 172 g/mol. The molecule has 1 heterocycles. The minimum Gasteiger partial charge on any atom is -0.383 e. The summed E-state index contributed by atoms with van der Waals surface area (Å²) in [5.74, 6) is 0. The Morgan fingerprint density at radius 3 is 2.85 bits per heavy atom. The molecule has 1 aliphatic heterocycles. The minimum atomic E-state index is 0.854. The summed E-state index contributed by atoms with van der Waals surface area (Å²) >= 11 is 0. The van der Waals surface area contributed by atoms with E-state index in [0.29, 0.717) is 0 Å². The molecule has 0 bridgehead atoms. The lowest BCUT2D eigenvalue weighted by atomic mass is 10.1. The van der Waals surface area contributed by atoms with Gasteiger partial charge in [0.2, 0.25) is 0 Å². The van der Waals surface area contributed by atoms with Crippen LogP contribution in [0.2, 0.25) is 0 Å². The predicted octanol–water partition coefficient (Wildman–Crippen LogP) is 1.70. The van der Waals surface area contributed by atoms with Gasteiger partial charge in [0.15, 0.2) is 0 Å². The summed E-state index contributed by atoms with van der Waals surface area (Å²) in [7, 11) is 0. The molecule has 0 unspecified atom stereocenters. The van der Waals surface area contributed by atoms with E-state index in [1.54, 1.807) is 0 Å². The van der Waals surface area contributed by atoms with Crippen LogP contribution in [0.4, 0.5) is 0 Å². The summed E-state index contributed by atoms with van der Waals surface area (Å²) in [4.78, 5) is 4.18. The van der Waals surface area contributed by atoms with Crippen molar-refractivity contribution in [2.75, 3.05) is 13.1 Å². The molecule has 0 amide bonds. The first kappa shape index (κ1) is 8.05. The van der Waals surface area contributed by atoms with E-state index in [2.05, 4.69) is 22.4 Å². The van der Waals surface area contributed by atoms with E-state index in [9.17, 15) is 0 Å². The van der Waals surface area contributed by atoms with Crippen LogP contribution in [0.15, 0.2) is 41.4 Å². The van der Waals surface area contributed by atoms with Gasteiger partial charge in [-0.3, -0.25) is 4.99 Å². The van der Waals surface area contributed by atoms with Crippen LogP contribution in [0.25, 0.3) is 5.70 Å². The molecule has 13 heavy (non-hydrogen) atoms. The van der Waals surface area contributed by atoms with Crippen molar-refractivity contribution >= 4 is 11.9 Å². The largest absolute Gasteiger partial charge is 0.383 e. The molecule has 1 aromatic carbocycles. The number of benzene rings is 1. The van der Waals surface area contributed by atoms with Gasteiger partial charge >= 0.3 is 0 Å². The smallest absolute Gasteiger partial charge is 0.0562 e. The van der Waals surface area contributed by atoms with Crippen molar-refractivity contribution < 1.29 is 0 Å². The number of nitrogens with zero attached hydrogens (tertiary/aromatic N) is 1. The minimum absolute atomic E-state index is 0.854. The molecule has 1 N–H and O–H groups in total. The zero-order valence-corrected chi connectivity index (χ0v) is 7.40. The molecule has 2 nitrogen and oxygen atoms in total. The van der Waals surface area contributed by atoms with Gasteiger partial charge in [-0.15, -0.1) is 0 Å². The molecule has 0 saturated heterocycles. The Morgan fingerprint density at radius 2 is 2.00 bits per heavy atom. The predicted molar refractivity (Wildman–Crippen MR) is 55.8 cm³/mol. The molecule has 0 fully saturated rings. The van der Waals surface area contributed by atoms with E-state index in [4.69, 9.17) is 0 Å². The van der Waals surface area contributed by atoms with E-state index in [1.165, 1.54) is 5.56 Å². The summed E-state index contributed by atoms with van der Waals surface area (Å²) in [5.41, 5.74) is 2.37. The van der Waals surface area contributed by atoms with Gasteiger partial charge in [-0.25, -0.2) is 0 Å². The molecule has 0 radical (unpaired) electrons. The van der Waals surface area contributed by atoms with Gasteiger partial charge in [-0.05, 0) is 11.6 Å². The highest BCUT2D eigenvalue weighted by atomic mass is 14.9. The highest BCUT2D eigenvalue weighted by Crippen LogP contribution is 2.10. The maximum absolute atomic E-state index is 4.18. The third-order valence-corrected chi connectivity index (χ3v) is 1.99. The van der Waals surface area contributed by atoms with Gasteiger partial charge in [-0.1, -0.05) is 30.3 Å². The third kappa shape index (κ3) is 1.96. The van der Waals surface area contributed by atoms with Gasteiger partial charge in [0.05, 0.1) is 6.54 Å². The molecule has 0 aliphatic carbocycles. The lowest BCUT2D eigenvalue weighted by Gasteiger charge is -2.07. The maximum atomic E-state index is 4.18. The molecular formula is C11H12N2. The average Bonchev–Trinajstić information content (AvgIpc) is 2.47. The van der Waals surface area contributed by atoms with Crippen LogP contribution in [0.1, 0.15) is 5.56 Å². The Morgan fingerprint density at radius 1 is 1.15 bits per heavy atom. The summed E-state index contributed by atoms with van der Waals surface area (Å²) < 4.78 is 0. The molecule has 0 aromatic heterocycles. The van der Waals surface area contributed by atoms with Crippen LogP contribution in [-0.2, 0) is 0 Å². The van der Waals surface area contributed by atoms with Crippen molar-refractivity contribution in [3.63, 3.8) is 0 Å². The van der Waals surface area contributed by atoms with E-state index in [0.717, 1.165) is 18.8 Å². The molecule has 2 rings (SSSR count). The Kier molecular flexibility index (Phi) is 2.41. The molecule has 0 spiro atoms. The first-order chi connectivity index (χ1) is 6.47. The van der Waals surface area contributed by atoms with E-state index in [1.807, 2.05) is 30.5 Å². The fraction of sp³-hybridized carbons (Fsp3) is 0.182. The zero-order valence-electron chi connectivity index (χ0n) is 7.40. The Hall–Kier alpha value is -1.57. The van der Waals surface area contributed by atoms with Gasteiger partial charge in [0, 0.05) is 18.5 Å². The summed E-state index contributed by atoms with van der Waals surface area (Å²) in [6.45, 7) is 1.77. The number of aliphatic imine (C=N–C) groups is 1. The van der Waals surface area contributed by atoms with Crippen LogP contribution >= 0.6 is 0 Å². The first-order valence-corrected chi connectivity index (χ1v) is 4.46. The van der Waals surface area contributed by atoms with Crippen LogP contribution in [-0.4, -0.2) is 19.3 Å². The Labute approximate surface area is 78.0 Å². The fourth-order valence-electron chi connectivity index (χ4n) is 1.33. The summed E-state index contributed by atoms with van der Waals surface area (Å²) in [5, 5.41) is 3.33. The van der Waals surface area contributed by atoms with Crippen molar-refractivity contribution in [1.82, 2.24) is 5.32 Å². The van der Waals surface area contributed by atoms with Gasteiger partial charge in [-0.2, -0.15) is 0 Å². The Bertz CT molecular complexity index is 325. The van der Waals surface area contributed by atoms with Crippen molar-refractivity contribution in [3.8, 4) is 0 Å². The molecule has 2 heteroatoms. The Balaban J connectivity index is 2.26. The second kappa shape index (κ2) is 3.90. The number of hydrogen-bond donors (Lipinski definition) is 1. The highest BCUT2D eigenvalue weighted by molar-refractivity contribution is 5.84. The summed E-state index contributed by atoms with van der Waals surface area (Å²) in [6.07, 6.45) is 3.88. The lowest BCUT2D eigenvalue weighted by Crippen LogP contribution is -2.14. The van der Waals surface area contributed by atoms with Crippen LogP contribution in [0.5, 0.6) is 0 Å². The van der Waals surface area contributed by atoms with Crippen molar-refractivity contribution in [1.29, 1.82) is 0 Å². The quantitative estimate of drug-likeness (QED) is 0.685. The maximum Gasteiger partial charge on any atom is 0.0562 e. The van der Waals surface area contributed by atoms with E-state index < -0.39 is 0 Å². The molecule has 1 aliphatic rings. The number of hydrogen-bond acceptors (Lipinski definition) is 2. The van der Waals surface area contributed by atoms with E-state index in [-0.39, 0.29) is 0 Å². The normalized spacial score (nSPS) is 15.8. The van der Waals surface area contributed by atoms with Gasteiger partial charge < -0.3 is 5.32 Å². The van der Waals surface area contributed by atoms with E-state index >= 15 is 0 Å². The van der Waals surface area contributed by atoms with Crippen molar-refractivity contribution in [2.24, 2.45) is 4.99 Å². The molecule has 0 saturated carbocycles. The molecule has 0 atom stereocenters. The van der Waals surface area contributed by atoms with Gasteiger partial charge in [0.1, 0.15) is 0 Å². The topological polar surface area (TPSA) is 24.4 Å². The lowest BCUT2D eigenvalue weighted by molar-refractivity contribution is 0.868. The number of allylic oxidation sites excluding steroid dienone is 1. The van der Waals surface area contributed by atoms with Crippen LogP contribution in [0, 0.1) is 0 Å². The van der Waals surface area contributed by atoms with Crippen LogP contribution < -0.4 is 5.32 Å². The first-order valence-electron chi connectivity index (χ1n) is 4.46. The third-order valence-electron chi connectivity index (χ3n) is 1.99. The average molecular weight is 172 g/mol. The molecule has 66 valence electrons. The molecule has 1 aromatic rings. The SMILES string of the molecule is C1=NCCNC(c2ccccc2)=C1. The second-order valence-electron chi connectivity index (χ2n) is 2.93. The van der Waals surface area contributed by atoms with Gasteiger partial charge in [0.25, 0.3) is 0 Å². The zero-order chi connectivity index (χ0) is 8.93. The second-order valence-corrected chi connectivity index (χ2v) is 2.93.